The van der Waals surface area contributed by atoms with Gasteiger partial charge >= 0.3 is 12.1 Å². The zero-order valence-electron chi connectivity index (χ0n) is 8.33. The van der Waals surface area contributed by atoms with E-state index in [0.29, 0.717) is 0 Å². The molecule has 0 aromatic heterocycles. The van der Waals surface area contributed by atoms with Gasteiger partial charge < -0.3 is 5.73 Å². The summed E-state index contributed by atoms with van der Waals surface area (Å²) in [4.78, 5) is 0. The summed E-state index contributed by atoms with van der Waals surface area (Å²) in [5.74, 6) is -11.3. The maximum absolute atomic E-state index is 13.0. The fourth-order valence-electron chi connectivity index (χ4n) is 1.19. The van der Waals surface area contributed by atoms with E-state index in [9.17, 15) is 35.1 Å². The Morgan fingerprint density at radius 1 is 0.889 bits per heavy atom. The molecule has 1 atom stereocenters. The second-order valence-electron chi connectivity index (χ2n) is 3.36. The third-order valence-corrected chi connectivity index (χ3v) is 2.16. The van der Waals surface area contributed by atoms with E-state index in [1.807, 2.05) is 0 Å². The van der Waals surface area contributed by atoms with Gasteiger partial charge in [0.2, 0.25) is 0 Å². The van der Waals surface area contributed by atoms with Crippen LogP contribution < -0.4 is 5.73 Å². The van der Waals surface area contributed by atoms with Crippen molar-refractivity contribution in [3.8, 4) is 0 Å². The quantitative estimate of drug-likeness (QED) is 0.652. The highest BCUT2D eigenvalue weighted by Gasteiger charge is 2.62. The molecule has 1 nitrogen and oxygen atoms in total. The van der Waals surface area contributed by atoms with Crippen LogP contribution in [0.25, 0.3) is 0 Å². The maximum atomic E-state index is 13.0. The van der Waals surface area contributed by atoms with E-state index < -0.39 is 41.2 Å². The Morgan fingerprint density at radius 2 is 1.33 bits per heavy atom. The van der Waals surface area contributed by atoms with Gasteiger partial charge in [0, 0.05) is 5.56 Å². The van der Waals surface area contributed by atoms with E-state index in [1.165, 1.54) is 0 Å². The average Bonchev–Trinajstić information content (AvgIpc) is 2.22. The lowest BCUT2D eigenvalue weighted by atomic mass is 9.99. The number of rotatable bonds is 2. The molecule has 0 fully saturated rings. The van der Waals surface area contributed by atoms with E-state index in [4.69, 9.17) is 0 Å². The van der Waals surface area contributed by atoms with Crippen LogP contribution >= 0.6 is 0 Å². The maximum Gasteiger partial charge on any atom is 0.455 e. The lowest BCUT2D eigenvalue weighted by Gasteiger charge is -2.26. The average molecular weight is 279 g/mol. The first kappa shape index (κ1) is 14.7. The molecule has 18 heavy (non-hydrogen) atoms. The van der Waals surface area contributed by atoms with Gasteiger partial charge in [-0.2, -0.15) is 22.0 Å². The molecule has 0 saturated carbocycles. The summed E-state index contributed by atoms with van der Waals surface area (Å²) in [5.41, 5.74) is 2.66. The van der Waals surface area contributed by atoms with Crippen LogP contribution in [0.15, 0.2) is 12.1 Å². The molecule has 2 N–H and O–H groups in total. The Hall–Kier alpha value is -1.38. The van der Waals surface area contributed by atoms with Crippen molar-refractivity contribution in [2.24, 2.45) is 5.73 Å². The number of hydrogen-bond acceptors (Lipinski definition) is 1. The van der Waals surface area contributed by atoms with Crippen molar-refractivity contribution in [1.29, 1.82) is 0 Å². The van der Waals surface area contributed by atoms with Gasteiger partial charge in [-0.1, -0.05) is 0 Å². The fraction of sp³-hybridized carbons (Fsp3) is 0.333. The largest absolute Gasteiger partial charge is 0.455 e. The molecule has 0 saturated heterocycles. The van der Waals surface area contributed by atoms with Gasteiger partial charge in [-0.15, -0.1) is 0 Å². The van der Waals surface area contributed by atoms with Gasteiger partial charge in [0.05, 0.1) is 0 Å². The molecule has 1 aromatic carbocycles. The van der Waals surface area contributed by atoms with E-state index in [-0.39, 0.29) is 12.1 Å². The van der Waals surface area contributed by atoms with E-state index in [0.717, 1.165) is 0 Å². The van der Waals surface area contributed by atoms with E-state index >= 15 is 0 Å². The summed E-state index contributed by atoms with van der Waals surface area (Å²) in [5, 5.41) is 0. The van der Waals surface area contributed by atoms with Crippen molar-refractivity contribution < 1.29 is 35.1 Å². The van der Waals surface area contributed by atoms with Crippen LogP contribution in [0.1, 0.15) is 11.6 Å². The molecular weight excluding hydrogens is 274 g/mol. The highest BCUT2D eigenvalue weighted by molar-refractivity contribution is 5.26. The van der Waals surface area contributed by atoms with Gasteiger partial charge in [-0.3, -0.25) is 0 Å². The van der Waals surface area contributed by atoms with Crippen molar-refractivity contribution in [1.82, 2.24) is 0 Å². The van der Waals surface area contributed by atoms with Crippen LogP contribution in [0, 0.1) is 17.5 Å². The van der Waals surface area contributed by atoms with E-state index in [1.54, 1.807) is 0 Å². The van der Waals surface area contributed by atoms with Crippen LogP contribution in [-0.2, 0) is 0 Å². The first-order valence-corrected chi connectivity index (χ1v) is 4.33. The molecule has 0 unspecified atom stereocenters. The van der Waals surface area contributed by atoms with Crippen LogP contribution in [0.2, 0.25) is 0 Å². The lowest BCUT2D eigenvalue weighted by Crippen LogP contribution is -2.46. The number of halogens is 8. The molecule has 9 heteroatoms. The molecule has 102 valence electrons. The monoisotopic (exact) mass is 279 g/mol. The highest BCUT2D eigenvalue weighted by atomic mass is 19.4. The summed E-state index contributed by atoms with van der Waals surface area (Å²) in [6, 6.07) is -2.93. The molecule has 0 radical (unpaired) electrons. The van der Waals surface area contributed by atoms with Gasteiger partial charge in [0.15, 0.2) is 11.6 Å². The minimum atomic E-state index is -6.11. The van der Waals surface area contributed by atoms with Crippen molar-refractivity contribution >= 4 is 0 Å². The van der Waals surface area contributed by atoms with Gasteiger partial charge in [-0.25, -0.2) is 13.2 Å². The third-order valence-electron chi connectivity index (χ3n) is 2.16. The standard InChI is InChI=1S/C9H5F8N/c10-3-1-2-4(11)6(12)5(3)7(18)8(13,14)9(15,16)17/h1-2,7H,18H2/t7-/m1/s1. The number of hydrogen-bond donors (Lipinski definition) is 1. The first-order chi connectivity index (χ1) is 8.00. The first-order valence-electron chi connectivity index (χ1n) is 4.33. The van der Waals surface area contributed by atoms with E-state index in [2.05, 4.69) is 5.73 Å². The second kappa shape index (κ2) is 4.38. The number of nitrogens with two attached hydrogens (primary N) is 1. The summed E-state index contributed by atoms with van der Waals surface area (Å²) in [7, 11) is 0. The fourth-order valence-corrected chi connectivity index (χ4v) is 1.19. The minimum Gasteiger partial charge on any atom is -0.319 e. The topological polar surface area (TPSA) is 26.0 Å². The van der Waals surface area contributed by atoms with Crippen molar-refractivity contribution in [2.45, 2.75) is 18.1 Å². The van der Waals surface area contributed by atoms with Gasteiger partial charge in [0.1, 0.15) is 11.9 Å². The molecule has 1 rings (SSSR count). The van der Waals surface area contributed by atoms with Gasteiger partial charge in [0.25, 0.3) is 0 Å². The van der Waals surface area contributed by atoms with Crippen molar-refractivity contribution in [3.05, 3.63) is 35.1 Å². The van der Waals surface area contributed by atoms with Crippen LogP contribution in [-0.4, -0.2) is 12.1 Å². The highest BCUT2D eigenvalue weighted by Crippen LogP contribution is 2.44. The molecule has 0 aliphatic heterocycles. The van der Waals surface area contributed by atoms with Crippen LogP contribution in [0.5, 0.6) is 0 Å². The van der Waals surface area contributed by atoms with Crippen LogP contribution in [0.3, 0.4) is 0 Å². The molecular formula is C9H5F8N. The Labute approximate surface area is 95.2 Å². The summed E-state index contributed by atoms with van der Waals surface area (Å²) >= 11 is 0. The molecule has 0 amide bonds. The lowest BCUT2D eigenvalue weighted by molar-refractivity contribution is -0.291. The summed E-state index contributed by atoms with van der Waals surface area (Å²) in [6.45, 7) is 0. The Kier molecular flexibility index (Phi) is 3.57. The minimum absolute atomic E-state index is 0.208. The normalized spacial score (nSPS) is 14.7. The smallest absolute Gasteiger partial charge is 0.319 e. The zero-order chi connectivity index (χ0) is 14.3. The Bertz CT molecular complexity index is 453. The Balaban J connectivity index is 3.36. The number of alkyl halides is 5. The van der Waals surface area contributed by atoms with Crippen molar-refractivity contribution in [2.75, 3.05) is 0 Å². The molecule has 0 aliphatic rings. The predicted molar refractivity (Wildman–Crippen MR) is 44.2 cm³/mol. The third kappa shape index (κ3) is 2.26. The molecule has 1 aromatic rings. The molecule has 0 spiro atoms. The van der Waals surface area contributed by atoms with Crippen molar-refractivity contribution in [3.63, 3.8) is 0 Å². The van der Waals surface area contributed by atoms with Gasteiger partial charge in [-0.05, 0) is 12.1 Å². The zero-order valence-corrected chi connectivity index (χ0v) is 8.33. The second-order valence-corrected chi connectivity index (χ2v) is 3.36. The number of benzene rings is 1. The summed E-state index contributed by atoms with van der Waals surface area (Å²) in [6.07, 6.45) is -6.11. The molecule has 0 aliphatic carbocycles. The Morgan fingerprint density at radius 3 is 1.78 bits per heavy atom. The summed E-state index contributed by atoms with van der Waals surface area (Å²) < 4.78 is 100. The SMILES string of the molecule is N[C@H](c1c(F)ccc(F)c1F)C(F)(F)C(F)(F)F. The predicted octanol–water partition coefficient (Wildman–Crippen LogP) is 3.30. The van der Waals surface area contributed by atoms with Crippen LogP contribution in [0.4, 0.5) is 35.1 Å². The molecule has 0 bridgehead atoms. The molecule has 0 heterocycles.